The largest absolute Gasteiger partial charge is 0.369 e. The van der Waals surface area contributed by atoms with Crippen LogP contribution in [0.1, 0.15) is 19.0 Å². The molecule has 17 heavy (non-hydrogen) atoms. The first-order chi connectivity index (χ1) is 8.12. The third-order valence-electron chi connectivity index (χ3n) is 2.60. The molecule has 0 amide bonds. The molecule has 1 aromatic heterocycles. The van der Waals surface area contributed by atoms with Crippen molar-refractivity contribution in [3.8, 4) is 0 Å². The van der Waals surface area contributed by atoms with Gasteiger partial charge in [0.1, 0.15) is 5.82 Å². The molecule has 0 saturated carbocycles. The topological polar surface area (TPSA) is 75.2 Å². The highest BCUT2D eigenvalue weighted by Gasteiger charge is 2.28. The maximum atomic E-state index is 11.6. The molecule has 0 bridgehead atoms. The molecular formula is C10H16N4O2S. The lowest BCUT2D eigenvalue weighted by Crippen LogP contribution is -2.25. The van der Waals surface area contributed by atoms with Gasteiger partial charge >= 0.3 is 0 Å². The first kappa shape index (κ1) is 12.3. The first-order valence-corrected chi connectivity index (χ1v) is 7.25. The number of nitrogens with zero attached hydrogens (tertiary/aromatic N) is 3. The van der Waals surface area contributed by atoms with Crippen molar-refractivity contribution < 1.29 is 8.42 Å². The SMILES string of the molecule is CCNc1cnc(CN2CCCS2(=O)=O)cn1. The number of hydrogen-bond acceptors (Lipinski definition) is 5. The van der Waals surface area contributed by atoms with Crippen LogP contribution >= 0.6 is 0 Å². The minimum Gasteiger partial charge on any atom is -0.369 e. The molecule has 6 nitrogen and oxygen atoms in total. The maximum absolute atomic E-state index is 11.6. The van der Waals surface area contributed by atoms with E-state index in [9.17, 15) is 8.42 Å². The summed E-state index contributed by atoms with van der Waals surface area (Å²) in [4.78, 5) is 8.36. The quantitative estimate of drug-likeness (QED) is 0.846. The Labute approximate surface area is 101 Å². The standard InChI is InChI=1S/C10H16N4O2S/c1-2-11-10-7-12-9(6-13-10)8-14-4-3-5-17(14,15)16/h6-7H,2-5,8H2,1H3,(H,11,13). The minimum atomic E-state index is -3.06. The highest BCUT2D eigenvalue weighted by molar-refractivity contribution is 7.89. The zero-order valence-electron chi connectivity index (χ0n) is 9.76. The predicted octanol–water partition coefficient (Wildman–Crippen LogP) is 0.444. The number of nitrogens with one attached hydrogen (secondary N) is 1. The highest BCUT2D eigenvalue weighted by Crippen LogP contribution is 2.16. The summed E-state index contributed by atoms with van der Waals surface area (Å²) < 4.78 is 24.7. The van der Waals surface area contributed by atoms with Crippen LogP contribution in [0, 0.1) is 0 Å². The van der Waals surface area contributed by atoms with E-state index >= 15 is 0 Å². The number of sulfonamides is 1. The average molecular weight is 256 g/mol. The van der Waals surface area contributed by atoms with E-state index in [0.717, 1.165) is 6.54 Å². The maximum Gasteiger partial charge on any atom is 0.214 e. The van der Waals surface area contributed by atoms with Crippen LogP contribution in [0.5, 0.6) is 0 Å². The Morgan fingerprint density at radius 3 is 2.76 bits per heavy atom. The molecule has 1 aromatic rings. The average Bonchev–Trinajstić information content (AvgIpc) is 2.62. The van der Waals surface area contributed by atoms with Gasteiger partial charge in [0.15, 0.2) is 0 Å². The molecule has 0 radical (unpaired) electrons. The van der Waals surface area contributed by atoms with Gasteiger partial charge < -0.3 is 5.32 Å². The molecule has 94 valence electrons. The Morgan fingerprint density at radius 2 is 2.24 bits per heavy atom. The van der Waals surface area contributed by atoms with Gasteiger partial charge in [-0.05, 0) is 13.3 Å². The van der Waals surface area contributed by atoms with Crippen LogP contribution in [0.4, 0.5) is 5.82 Å². The lowest BCUT2D eigenvalue weighted by atomic mass is 10.4. The van der Waals surface area contributed by atoms with Crippen LogP contribution in [0.25, 0.3) is 0 Å². The van der Waals surface area contributed by atoms with Gasteiger partial charge in [-0.25, -0.2) is 13.4 Å². The second-order valence-corrected chi connectivity index (χ2v) is 6.01. The van der Waals surface area contributed by atoms with Crippen molar-refractivity contribution >= 4 is 15.8 Å². The number of anilines is 1. The van der Waals surface area contributed by atoms with Crippen LogP contribution in [0.15, 0.2) is 12.4 Å². The third kappa shape index (κ3) is 2.92. The summed E-state index contributed by atoms with van der Waals surface area (Å²) in [6.45, 7) is 3.67. The molecule has 0 atom stereocenters. The molecule has 0 unspecified atom stereocenters. The van der Waals surface area contributed by atoms with E-state index in [2.05, 4.69) is 15.3 Å². The summed E-state index contributed by atoms with van der Waals surface area (Å²) in [6.07, 6.45) is 3.94. The van der Waals surface area contributed by atoms with Gasteiger partial charge in [-0.15, -0.1) is 0 Å². The number of hydrogen-bond donors (Lipinski definition) is 1. The minimum absolute atomic E-state index is 0.246. The van der Waals surface area contributed by atoms with Gasteiger partial charge in [-0.3, -0.25) is 4.98 Å². The molecule has 1 saturated heterocycles. The van der Waals surface area contributed by atoms with Crippen LogP contribution in [0.3, 0.4) is 0 Å². The third-order valence-corrected chi connectivity index (χ3v) is 4.51. The number of aromatic nitrogens is 2. The van der Waals surface area contributed by atoms with Gasteiger partial charge in [0.05, 0.1) is 30.4 Å². The van der Waals surface area contributed by atoms with Crippen molar-refractivity contribution in [1.29, 1.82) is 0 Å². The van der Waals surface area contributed by atoms with Crippen LogP contribution < -0.4 is 5.32 Å². The summed E-state index contributed by atoms with van der Waals surface area (Å²) in [5, 5.41) is 3.04. The van der Waals surface area contributed by atoms with Gasteiger partial charge in [0.2, 0.25) is 10.0 Å². The Bertz CT molecular complexity index is 472. The highest BCUT2D eigenvalue weighted by atomic mass is 32.2. The smallest absolute Gasteiger partial charge is 0.214 e. The van der Waals surface area contributed by atoms with Crippen molar-refractivity contribution in [3.63, 3.8) is 0 Å². The molecule has 1 N–H and O–H groups in total. The van der Waals surface area contributed by atoms with Crippen molar-refractivity contribution in [2.45, 2.75) is 19.9 Å². The van der Waals surface area contributed by atoms with Gasteiger partial charge in [-0.1, -0.05) is 0 Å². The van der Waals surface area contributed by atoms with Crippen molar-refractivity contribution in [2.24, 2.45) is 0 Å². The molecule has 0 aromatic carbocycles. The monoisotopic (exact) mass is 256 g/mol. The van der Waals surface area contributed by atoms with E-state index in [-0.39, 0.29) is 5.75 Å². The Balaban J connectivity index is 2.04. The molecule has 7 heteroatoms. The normalized spacial score (nSPS) is 19.4. The van der Waals surface area contributed by atoms with Crippen molar-refractivity contribution in [3.05, 3.63) is 18.1 Å². The summed E-state index contributed by atoms with van der Waals surface area (Å²) in [7, 11) is -3.06. The van der Waals surface area contributed by atoms with Crippen LogP contribution in [-0.2, 0) is 16.6 Å². The zero-order valence-corrected chi connectivity index (χ0v) is 10.6. The summed E-state index contributed by atoms with van der Waals surface area (Å²) in [5.74, 6) is 0.955. The Kier molecular flexibility index (Phi) is 3.58. The molecule has 0 spiro atoms. The Morgan fingerprint density at radius 1 is 1.41 bits per heavy atom. The van der Waals surface area contributed by atoms with Gasteiger partial charge in [-0.2, -0.15) is 4.31 Å². The van der Waals surface area contributed by atoms with Gasteiger partial charge in [0.25, 0.3) is 0 Å². The van der Waals surface area contributed by atoms with Crippen molar-refractivity contribution in [2.75, 3.05) is 24.2 Å². The fourth-order valence-corrected chi connectivity index (χ4v) is 3.25. The molecule has 1 aliphatic rings. The van der Waals surface area contributed by atoms with Crippen LogP contribution in [0.2, 0.25) is 0 Å². The second-order valence-electron chi connectivity index (χ2n) is 3.93. The fraction of sp³-hybridized carbons (Fsp3) is 0.600. The Hall–Kier alpha value is -1.21. The lowest BCUT2D eigenvalue weighted by molar-refractivity contribution is 0.434. The molecule has 1 aliphatic heterocycles. The van der Waals surface area contributed by atoms with E-state index in [1.165, 1.54) is 4.31 Å². The predicted molar refractivity (Wildman–Crippen MR) is 65.0 cm³/mol. The second kappa shape index (κ2) is 4.97. The van der Waals surface area contributed by atoms with E-state index < -0.39 is 10.0 Å². The van der Waals surface area contributed by atoms with Crippen molar-refractivity contribution in [1.82, 2.24) is 14.3 Å². The van der Waals surface area contributed by atoms with E-state index in [0.29, 0.717) is 31.0 Å². The summed E-state index contributed by atoms with van der Waals surface area (Å²) in [6, 6.07) is 0. The van der Waals surface area contributed by atoms with E-state index in [1.807, 2.05) is 6.92 Å². The fourth-order valence-electron chi connectivity index (χ4n) is 1.76. The first-order valence-electron chi connectivity index (χ1n) is 5.64. The van der Waals surface area contributed by atoms with Crippen LogP contribution in [-0.4, -0.2) is 41.5 Å². The molecule has 2 heterocycles. The zero-order chi connectivity index (χ0) is 12.3. The molecule has 1 fully saturated rings. The lowest BCUT2D eigenvalue weighted by Gasteiger charge is -2.13. The molecular weight excluding hydrogens is 240 g/mol. The molecule has 0 aliphatic carbocycles. The van der Waals surface area contributed by atoms with E-state index in [4.69, 9.17) is 0 Å². The van der Waals surface area contributed by atoms with E-state index in [1.54, 1.807) is 12.4 Å². The summed E-state index contributed by atoms with van der Waals surface area (Å²) in [5.41, 5.74) is 0.678. The summed E-state index contributed by atoms with van der Waals surface area (Å²) >= 11 is 0. The van der Waals surface area contributed by atoms with Gasteiger partial charge in [0, 0.05) is 13.1 Å². The number of rotatable bonds is 4. The molecule has 2 rings (SSSR count).